The SMILES string of the molecule is CN(C)C/C=C/C(=O)N1CCC[C@@H](N2C=C(c3ccc(Oc4ccccc4Cl)cc3)C3C(N)NNC(=O)C32)C1. The number of benzene rings is 2. The van der Waals surface area contributed by atoms with Crippen LogP contribution in [0.1, 0.15) is 18.4 Å². The maximum atomic E-state index is 13.1. The predicted octanol–water partition coefficient (Wildman–Crippen LogP) is 2.80. The topological polar surface area (TPSA) is 103 Å². The highest BCUT2D eigenvalue weighted by Gasteiger charge is 2.49. The zero-order valence-electron chi connectivity index (χ0n) is 22.2. The van der Waals surface area contributed by atoms with Gasteiger partial charge in [-0.15, -0.1) is 0 Å². The van der Waals surface area contributed by atoms with E-state index in [1.807, 2.05) is 72.4 Å². The minimum Gasteiger partial charge on any atom is -0.456 e. The summed E-state index contributed by atoms with van der Waals surface area (Å²) >= 11 is 6.24. The van der Waals surface area contributed by atoms with Crippen molar-refractivity contribution < 1.29 is 14.3 Å². The van der Waals surface area contributed by atoms with E-state index in [1.54, 1.807) is 12.1 Å². The van der Waals surface area contributed by atoms with E-state index in [0.29, 0.717) is 36.2 Å². The van der Waals surface area contributed by atoms with Gasteiger partial charge < -0.3 is 25.2 Å². The van der Waals surface area contributed by atoms with Gasteiger partial charge >= 0.3 is 0 Å². The van der Waals surface area contributed by atoms with Crippen LogP contribution in [0.3, 0.4) is 0 Å². The molecule has 0 spiro atoms. The van der Waals surface area contributed by atoms with E-state index >= 15 is 0 Å². The number of halogens is 1. The lowest BCUT2D eigenvalue weighted by molar-refractivity contribution is -0.132. The summed E-state index contributed by atoms with van der Waals surface area (Å²) in [6, 6.07) is 14.6. The summed E-state index contributed by atoms with van der Waals surface area (Å²) < 4.78 is 5.95. The first-order valence-corrected chi connectivity index (χ1v) is 13.6. The summed E-state index contributed by atoms with van der Waals surface area (Å²) in [5.41, 5.74) is 14.1. The van der Waals surface area contributed by atoms with Crippen LogP contribution in [-0.2, 0) is 9.59 Å². The number of fused-ring (bicyclic) bond motifs is 1. The second-order valence-electron chi connectivity index (χ2n) is 10.5. The molecule has 2 amide bonds. The van der Waals surface area contributed by atoms with E-state index in [9.17, 15) is 9.59 Å². The zero-order chi connectivity index (χ0) is 27.5. The van der Waals surface area contributed by atoms with Crippen LogP contribution in [0.15, 0.2) is 66.9 Å². The lowest BCUT2D eigenvalue weighted by Gasteiger charge is -2.43. The molecule has 10 heteroatoms. The molecule has 2 aromatic carbocycles. The minimum atomic E-state index is -0.460. The highest BCUT2D eigenvalue weighted by Crippen LogP contribution is 2.41. The zero-order valence-corrected chi connectivity index (χ0v) is 23.0. The molecule has 3 aliphatic rings. The number of likely N-dealkylation sites (tertiary alicyclic amines) is 1. The molecule has 206 valence electrons. The average molecular weight is 551 g/mol. The number of nitrogens with one attached hydrogen (secondary N) is 2. The van der Waals surface area contributed by atoms with Gasteiger partial charge in [0.25, 0.3) is 5.91 Å². The van der Waals surface area contributed by atoms with E-state index in [-0.39, 0.29) is 23.8 Å². The van der Waals surface area contributed by atoms with Gasteiger partial charge in [0.15, 0.2) is 0 Å². The molecule has 2 aromatic rings. The number of likely N-dealkylation sites (N-methyl/N-ethyl adjacent to an activating group) is 1. The van der Waals surface area contributed by atoms with Crippen molar-refractivity contribution in [2.75, 3.05) is 33.7 Å². The Labute approximate surface area is 234 Å². The van der Waals surface area contributed by atoms with E-state index in [2.05, 4.69) is 22.0 Å². The Balaban J connectivity index is 1.37. The van der Waals surface area contributed by atoms with E-state index in [0.717, 1.165) is 24.0 Å². The molecule has 0 saturated carbocycles. The molecule has 5 rings (SSSR count). The fourth-order valence-electron chi connectivity index (χ4n) is 5.53. The minimum absolute atomic E-state index is 0.00192. The van der Waals surface area contributed by atoms with Crippen LogP contribution in [0.5, 0.6) is 11.5 Å². The monoisotopic (exact) mass is 550 g/mol. The van der Waals surface area contributed by atoms with Crippen molar-refractivity contribution in [3.05, 3.63) is 77.5 Å². The quantitative estimate of drug-likeness (QED) is 0.456. The molecule has 4 atom stereocenters. The highest BCUT2D eigenvalue weighted by molar-refractivity contribution is 6.32. The molecule has 3 heterocycles. The fraction of sp³-hybridized carbons (Fsp3) is 0.379. The third-order valence-electron chi connectivity index (χ3n) is 7.44. The number of hydrazine groups is 1. The van der Waals surface area contributed by atoms with Crippen LogP contribution in [0.25, 0.3) is 5.57 Å². The molecule has 0 radical (unpaired) electrons. The maximum Gasteiger partial charge on any atom is 0.257 e. The number of carbonyl (C=O) groups excluding carboxylic acids is 2. The van der Waals surface area contributed by atoms with Gasteiger partial charge in [-0.1, -0.05) is 41.9 Å². The normalized spacial score (nSPS) is 25.1. The first kappa shape index (κ1) is 27.2. The first-order valence-electron chi connectivity index (χ1n) is 13.2. The van der Waals surface area contributed by atoms with Crippen LogP contribution in [-0.4, -0.2) is 78.5 Å². The molecule has 3 unspecified atom stereocenters. The molecule has 0 aromatic heterocycles. The maximum absolute atomic E-state index is 13.1. The molecular formula is C29H35ClN6O3. The summed E-state index contributed by atoms with van der Waals surface area (Å²) in [7, 11) is 3.93. The van der Waals surface area contributed by atoms with Crippen LogP contribution < -0.4 is 21.3 Å². The van der Waals surface area contributed by atoms with Gasteiger partial charge in [0.1, 0.15) is 17.5 Å². The number of hydrogen-bond acceptors (Lipinski definition) is 7. The number of ether oxygens (including phenoxy) is 1. The van der Waals surface area contributed by atoms with E-state index < -0.39 is 12.2 Å². The van der Waals surface area contributed by atoms with Crippen LogP contribution in [0.2, 0.25) is 5.02 Å². The van der Waals surface area contributed by atoms with Gasteiger partial charge in [-0.05, 0) is 62.3 Å². The number of nitrogens with two attached hydrogens (primary N) is 1. The van der Waals surface area contributed by atoms with Crippen molar-refractivity contribution in [2.45, 2.75) is 31.1 Å². The molecular weight excluding hydrogens is 516 g/mol. The largest absolute Gasteiger partial charge is 0.456 e. The summed E-state index contributed by atoms with van der Waals surface area (Å²) in [6.07, 6.45) is 6.89. The van der Waals surface area contributed by atoms with Gasteiger partial charge in [-0.25, -0.2) is 5.43 Å². The van der Waals surface area contributed by atoms with Crippen molar-refractivity contribution in [3.8, 4) is 11.5 Å². The smallest absolute Gasteiger partial charge is 0.257 e. The molecule has 2 fully saturated rings. The fourth-order valence-corrected chi connectivity index (χ4v) is 5.70. The summed E-state index contributed by atoms with van der Waals surface area (Å²) in [6.45, 7) is 1.97. The van der Waals surface area contributed by atoms with Gasteiger partial charge in [0.2, 0.25) is 5.91 Å². The number of amides is 2. The molecule has 9 nitrogen and oxygen atoms in total. The molecule has 0 bridgehead atoms. The van der Waals surface area contributed by atoms with Crippen molar-refractivity contribution >= 4 is 29.0 Å². The van der Waals surface area contributed by atoms with E-state index in [4.69, 9.17) is 22.1 Å². The molecule has 0 aliphatic carbocycles. The Morgan fingerprint density at radius 2 is 1.97 bits per heavy atom. The summed E-state index contributed by atoms with van der Waals surface area (Å²) in [5.74, 6) is 0.871. The summed E-state index contributed by atoms with van der Waals surface area (Å²) in [5, 5.41) is 0.539. The first-order chi connectivity index (χ1) is 18.8. The molecule has 3 aliphatic heterocycles. The number of para-hydroxylation sites is 1. The lowest BCUT2D eigenvalue weighted by atomic mass is 9.86. The molecule has 2 saturated heterocycles. The number of hydrogen-bond donors (Lipinski definition) is 3. The Hall–Kier alpha value is -3.37. The van der Waals surface area contributed by atoms with Gasteiger partial charge in [-0.2, -0.15) is 0 Å². The predicted molar refractivity (Wildman–Crippen MR) is 152 cm³/mol. The molecule has 4 N–H and O–H groups in total. The van der Waals surface area contributed by atoms with Crippen molar-refractivity contribution in [1.82, 2.24) is 25.6 Å². The third-order valence-corrected chi connectivity index (χ3v) is 7.75. The number of carbonyl (C=O) groups is 2. The second-order valence-corrected chi connectivity index (χ2v) is 10.9. The second kappa shape index (κ2) is 11.8. The lowest BCUT2D eigenvalue weighted by Crippen LogP contribution is -2.67. The number of rotatable bonds is 7. The Kier molecular flexibility index (Phi) is 8.23. The van der Waals surface area contributed by atoms with Crippen LogP contribution in [0.4, 0.5) is 0 Å². The summed E-state index contributed by atoms with van der Waals surface area (Å²) in [4.78, 5) is 32.0. The van der Waals surface area contributed by atoms with Crippen LogP contribution in [0, 0.1) is 5.92 Å². The Morgan fingerprint density at radius 3 is 2.72 bits per heavy atom. The van der Waals surface area contributed by atoms with Crippen molar-refractivity contribution in [2.24, 2.45) is 11.7 Å². The van der Waals surface area contributed by atoms with Crippen molar-refractivity contribution in [3.63, 3.8) is 0 Å². The molecule has 39 heavy (non-hydrogen) atoms. The van der Waals surface area contributed by atoms with E-state index in [1.165, 1.54) is 0 Å². The average Bonchev–Trinajstić information content (AvgIpc) is 3.34. The number of nitrogens with zero attached hydrogens (tertiary/aromatic N) is 3. The van der Waals surface area contributed by atoms with Crippen molar-refractivity contribution in [1.29, 1.82) is 0 Å². The van der Waals surface area contributed by atoms with Crippen LogP contribution >= 0.6 is 11.6 Å². The van der Waals surface area contributed by atoms with Gasteiger partial charge in [-0.3, -0.25) is 15.0 Å². The highest BCUT2D eigenvalue weighted by atomic mass is 35.5. The standard InChI is InChI=1S/C29H35ClN6O3/c1-34(2)15-6-10-25(37)35-16-5-7-20(17-35)36-18-22(26-27(36)29(38)33-32-28(26)31)19-11-13-21(14-12-19)39-24-9-4-3-8-23(24)30/h3-4,6,8-14,18,20,26-28,32H,5,7,15-17,31H2,1-2H3,(H,33,38)/b10-6+/t20-,26?,27?,28?/m1/s1. The third kappa shape index (κ3) is 5.96. The Morgan fingerprint density at radius 1 is 1.21 bits per heavy atom. The van der Waals surface area contributed by atoms with Gasteiger partial charge in [0.05, 0.1) is 11.2 Å². The van der Waals surface area contributed by atoms with Gasteiger partial charge in [0, 0.05) is 43.9 Å². The Bertz CT molecular complexity index is 1260. The number of piperidine rings is 1.